The van der Waals surface area contributed by atoms with E-state index >= 15 is 0 Å². The third-order valence-electron chi connectivity index (χ3n) is 8.06. The van der Waals surface area contributed by atoms with Gasteiger partial charge in [-0.3, -0.25) is 9.69 Å². The number of methoxy groups -OCH3 is 1. The van der Waals surface area contributed by atoms with Gasteiger partial charge in [0.15, 0.2) is 5.78 Å². The number of hydrogen-bond donors (Lipinski definition) is 1. The second kappa shape index (κ2) is 13.5. The number of anilines is 1. The molecule has 7 heteroatoms. The molecule has 1 saturated heterocycles. The molecule has 5 aromatic rings. The molecular formula is C38H33FN2O4. The quantitative estimate of drug-likeness (QED) is 0.155. The van der Waals surface area contributed by atoms with Crippen molar-refractivity contribution in [1.29, 1.82) is 0 Å². The number of Topliss-reactive ketones (excluding diaryl/α,β-unsaturated/α-hetero) is 1. The maximum Gasteiger partial charge on any atom is 0.322 e. The number of ether oxygens (including phenoxy) is 2. The fraction of sp³-hybridized carbons (Fsp3) is 0.158. The van der Waals surface area contributed by atoms with Gasteiger partial charge in [-0.25, -0.2) is 9.18 Å². The molecule has 0 aromatic heterocycles. The van der Waals surface area contributed by atoms with E-state index in [0.29, 0.717) is 30.1 Å². The Balaban J connectivity index is 1.35. The van der Waals surface area contributed by atoms with E-state index in [2.05, 4.69) is 5.32 Å². The van der Waals surface area contributed by atoms with Crippen molar-refractivity contribution >= 4 is 17.5 Å². The minimum absolute atomic E-state index is 0.121. The molecule has 1 aliphatic rings. The lowest BCUT2D eigenvalue weighted by atomic mass is 9.93. The molecule has 6 rings (SSSR count). The highest BCUT2D eigenvalue weighted by Gasteiger charge is 2.42. The SMILES string of the molecule is COc1ccc([C@@H]2[C@H](CCC(=O)c3ccc(F)cc3)NC(=O)N2c2ccc(-c3ccccc3)cc2)c(OCc2ccccc2)c1. The lowest BCUT2D eigenvalue weighted by Crippen LogP contribution is -2.30. The van der Waals surface area contributed by atoms with Crippen molar-refractivity contribution in [1.82, 2.24) is 5.32 Å². The summed E-state index contributed by atoms with van der Waals surface area (Å²) >= 11 is 0. The van der Waals surface area contributed by atoms with E-state index in [9.17, 15) is 14.0 Å². The maximum absolute atomic E-state index is 13.7. The molecule has 0 unspecified atom stereocenters. The Morgan fingerprint density at radius 3 is 2.18 bits per heavy atom. The zero-order valence-electron chi connectivity index (χ0n) is 24.9. The first-order valence-electron chi connectivity index (χ1n) is 14.9. The Kier molecular flexibility index (Phi) is 8.87. The molecule has 0 spiro atoms. The standard InChI is InChI=1S/C38H33FN2O4/c1-44-32-20-21-33(36(24-32)45-25-26-8-4-2-5-9-26)37-34(22-23-35(42)29-12-16-30(39)17-13-29)40-38(43)41(37)31-18-14-28(15-19-31)27-10-6-3-7-11-27/h2-21,24,34,37H,22-23,25H2,1H3,(H,40,43)/t34-,37+/m0/s1. The van der Waals surface area contributed by atoms with Gasteiger partial charge < -0.3 is 14.8 Å². The zero-order valence-corrected chi connectivity index (χ0v) is 24.9. The van der Waals surface area contributed by atoms with Gasteiger partial charge in [0.1, 0.15) is 23.9 Å². The number of nitrogens with one attached hydrogen (secondary N) is 1. The van der Waals surface area contributed by atoms with E-state index in [-0.39, 0.29) is 18.2 Å². The number of hydrogen-bond acceptors (Lipinski definition) is 4. The van der Waals surface area contributed by atoms with Crippen LogP contribution in [0.1, 0.15) is 40.4 Å². The molecule has 226 valence electrons. The van der Waals surface area contributed by atoms with Gasteiger partial charge >= 0.3 is 6.03 Å². The van der Waals surface area contributed by atoms with Crippen LogP contribution < -0.4 is 19.7 Å². The van der Waals surface area contributed by atoms with Crippen molar-refractivity contribution < 1.29 is 23.5 Å². The Hall–Kier alpha value is -5.43. The number of amides is 2. The van der Waals surface area contributed by atoms with Crippen LogP contribution in [0.5, 0.6) is 11.5 Å². The van der Waals surface area contributed by atoms with E-state index in [1.807, 2.05) is 103 Å². The van der Waals surface area contributed by atoms with Gasteiger partial charge in [-0.05, 0) is 71.6 Å². The van der Waals surface area contributed by atoms with Crippen molar-refractivity contribution in [3.63, 3.8) is 0 Å². The molecule has 2 amide bonds. The normalized spacial score (nSPS) is 15.9. The van der Waals surface area contributed by atoms with E-state index in [1.165, 1.54) is 24.3 Å². The Labute approximate surface area is 262 Å². The maximum atomic E-state index is 13.7. The van der Waals surface area contributed by atoms with Crippen LogP contribution in [0, 0.1) is 5.82 Å². The van der Waals surface area contributed by atoms with E-state index in [1.54, 1.807) is 12.0 Å². The first-order valence-corrected chi connectivity index (χ1v) is 14.9. The lowest BCUT2D eigenvalue weighted by Gasteiger charge is -2.29. The van der Waals surface area contributed by atoms with Crippen LogP contribution >= 0.6 is 0 Å². The van der Waals surface area contributed by atoms with Gasteiger partial charge in [0.05, 0.1) is 19.2 Å². The monoisotopic (exact) mass is 600 g/mol. The van der Waals surface area contributed by atoms with Gasteiger partial charge in [-0.1, -0.05) is 72.8 Å². The summed E-state index contributed by atoms with van der Waals surface area (Å²) < 4.78 is 25.4. The molecule has 2 atom stereocenters. The van der Waals surface area contributed by atoms with Gasteiger partial charge in [0.2, 0.25) is 0 Å². The third-order valence-corrected chi connectivity index (χ3v) is 8.06. The van der Waals surface area contributed by atoms with Crippen LogP contribution in [0.15, 0.2) is 127 Å². The number of rotatable bonds is 11. The highest BCUT2D eigenvalue weighted by Crippen LogP contribution is 2.42. The second-order valence-electron chi connectivity index (χ2n) is 10.9. The predicted octanol–water partition coefficient (Wildman–Crippen LogP) is 8.38. The van der Waals surface area contributed by atoms with Gasteiger partial charge in [0, 0.05) is 29.3 Å². The minimum Gasteiger partial charge on any atom is -0.497 e. The molecule has 5 aromatic carbocycles. The topological polar surface area (TPSA) is 67.9 Å². The van der Waals surface area contributed by atoms with Gasteiger partial charge in [0.25, 0.3) is 0 Å². The Morgan fingerprint density at radius 2 is 1.49 bits per heavy atom. The Bertz CT molecular complexity index is 1760. The van der Waals surface area contributed by atoms with Crippen molar-refractivity contribution in [3.8, 4) is 22.6 Å². The molecule has 1 fully saturated rings. The van der Waals surface area contributed by atoms with Crippen molar-refractivity contribution in [2.75, 3.05) is 12.0 Å². The number of ketones is 1. The summed E-state index contributed by atoms with van der Waals surface area (Å²) in [7, 11) is 1.60. The summed E-state index contributed by atoms with van der Waals surface area (Å²) in [5.41, 5.74) is 5.05. The lowest BCUT2D eigenvalue weighted by molar-refractivity contribution is 0.0976. The van der Waals surface area contributed by atoms with Crippen LogP contribution in [-0.2, 0) is 6.61 Å². The molecule has 1 N–H and O–H groups in total. The van der Waals surface area contributed by atoms with E-state index in [0.717, 1.165) is 27.9 Å². The van der Waals surface area contributed by atoms with Crippen LogP contribution in [0.2, 0.25) is 0 Å². The van der Waals surface area contributed by atoms with Crippen LogP contribution in [0.3, 0.4) is 0 Å². The smallest absolute Gasteiger partial charge is 0.322 e. The van der Waals surface area contributed by atoms with Crippen LogP contribution in [-0.4, -0.2) is 25.0 Å². The number of halogens is 1. The number of carbonyl (C=O) groups excluding carboxylic acids is 2. The van der Waals surface area contributed by atoms with Crippen molar-refractivity contribution in [2.24, 2.45) is 0 Å². The van der Waals surface area contributed by atoms with Crippen LogP contribution in [0.25, 0.3) is 11.1 Å². The minimum atomic E-state index is -0.488. The molecular weight excluding hydrogens is 567 g/mol. The second-order valence-corrected chi connectivity index (χ2v) is 10.9. The zero-order chi connectivity index (χ0) is 31.2. The van der Waals surface area contributed by atoms with Gasteiger partial charge in [-0.15, -0.1) is 0 Å². The van der Waals surface area contributed by atoms with Gasteiger partial charge in [-0.2, -0.15) is 0 Å². The number of benzene rings is 5. The summed E-state index contributed by atoms with van der Waals surface area (Å²) in [6, 6.07) is 37.8. The summed E-state index contributed by atoms with van der Waals surface area (Å²) in [5, 5.41) is 3.13. The highest BCUT2D eigenvalue weighted by molar-refractivity contribution is 5.97. The molecule has 1 heterocycles. The fourth-order valence-corrected chi connectivity index (χ4v) is 5.74. The Morgan fingerprint density at radius 1 is 0.822 bits per heavy atom. The average Bonchev–Trinajstić information content (AvgIpc) is 3.42. The fourth-order valence-electron chi connectivity index (χ4n) is 5.74. The molecule has 0 aliphatic carbocycles. The molecule has 6 nitrogen and oxygen atoms in total. The van der Waals surface area contributed by atoms with Crippen molar-refractivity contribution in [2.45, 2.75) is 31.5 Å². The molecule has 1 aliphatic heterocycles. The number of urea groups is 1. The summed E-state index contributed by atoms with van der Waals surface area (Å²) in [4.78, 5) is 28.5. The molecule has 0 radical (unpaired) electrons. The summed E-state index contributed by atoms with van der Waals surface area (Å²) in [5.74, 6) is 0.691. The summed E-state index contributed by atoms with van der Waals surface area (Å²) in [6.07, 6.45) is 0.541. The van der Waals surface area contributed by atoms with E-state index in [4.69, 9.17) is 9.47 Å². The summed E-state index contributed by atoms with van der Waals surface area (Å²) in [6.45, 7) is 0.328. The third kappa shape index (κ3) is 6.73. The number of nitrogens with zero attached hydrogens (tertiary/aromatic N) is 1. The van der Waals surface area contributed by atoms with Crippen LogP contribution in [0.4, 0.5) is 14.9 Å². The number of carbonyl (C=O) groups is 2. The van der Waals surface area contributed by atoms with E-state index < -0.39 is 17.9 Å². The average molecular weight is 601 g/mol. The first kappa shape index (κ1) is 29.6. The molecule has 0 bridgehead atoms. The first-order chi connectivity index (χ1) is 22.0. The predicted molar refractivity (Wildman–Crippen MR) is 173 cm³/mol. The molecule has 45 heavy (non-hydrogen) atoms. The highest BCUT2D eigenvalue weighted by atomic mass is 19.1. The molecule has 0 saturated carbocycles. The van der Waals surface area contributed by atoms with Crippen molar-refractivity contribution in [3.05, 3.63) is 150 Å². The largest absolute Gasteiger partial charge is 0.497 e.